The lowest BCUT2D eigenvalue weighted by molar-refractivity contribution is 0.122. The highest BCUT2D eigenvalue weighted by molar-refractivity contribution is 5.49. The molecule has 0 bridgehead atoms. The van der Waals surface area contributed by atoms with Crippen molar-refractivity contribution in [2.45, 2.75) is 24.8 Å². The highest BCUT2D eigenvalue weighted by atomic mass is 16.5. The second kappa shape index (κ2) is 6.54. The molecule has 0 radical (unpaired) electrons. The fourth-order valence-corrected chi connectivity index (χ4v) is 3.33. The molecule has 1 aromatic carbocycles. The molecule has 2 fully saturated rings. The maximum Gasteiger partial charge on any atom is 0.134 e. The second-order valence-corrected chi connectivity index (χ2v) is 6.28. The number of nitrogens with zero attached hydrogens (tertiary/aromatic N) is 3. The summed E-state index contributed by atoms with van der Waals surface area (Å²) in [5.41, 5.74) is 1.45. The zero-order valence-corrected chi connectivity index (χ0v) is 13.2. The van der Waals surface area contributed by atoms with Crippen molar-refractivity contribution in [2.75, 3.05) is 36.5 Å². The third-order valence-corrected chi connectivity index (χ3v) is 4.75. The van der Waals surface area contributed by atoms with E-state index in [1.807, 2.05) is 0 Å². The minimum absolute atomic E-state index is 0.507. The van der Waals surface area contributed by atoms with Gasteiger partial charge >= 0.3 is 0 Å². The number of anilines is 2. The van der Waals surface area contributed by atoms with Gasteiger partial charge in [0.2, 0.25) is 0 Å². The SMILES string of the molecule is c1ccc(C2CC(Nc3cc(N4CCOCC4)ncn3)C2)cc1. The largest absolute Gasteiger partial charge is 0.378 e. The number of benzene rings is 1. The summed E-state index contributed by atoms with van der Waals surface area (Å²) in [5, 5.41) is 3.55. The number of hydrogen-bond acceptors (Lipinski definition) is 5. The maximum absolute atomic E-state index is 5.40. The molecular weight excluding hydrogens is 288 g/mol. The predicted octanol–water partition coefficient (Wildman–Crippen LogP) is 2.67. The molecule has 120 valence electrons. The van der Waals surface area contributed by atoms with Crippen LogP contribution >= 0.6 is 0 Å². The molecule has 0 atom stereocenters. The van der Waals surface area contributed by atoms with Gasteiger partial charge in [0.1, 0.15) is 18.0 Å². The van der Waals surface area contributed by atoms with Gasteiger partial charge in [-0.25, -0.2) is 9.97 Å². The van der Waals surface area contributed by atoms with Crippen LogP contribution in [0, 0.1) is 0 Å². The number of rotatable bonds is 4. The first-order valence-electron chi connectivity index (χ1n) is 8.35. The van der Waals surface area contributed by atoms with Crippen LogP contribution in [0.25, 0.3) is 0 Å². The van der Waals surface area contributed by atoms with Crippen molar-refractivity contribution in [3.8, 4) is 0 Å². The third kappa shape index (κ3) is 3.29. The van der Waals surface area contributed by atoms with E-state index >= 15 is 0 Å². The molecule has 2 aliphatic rings. The number of morpholine rings is 1. The van der Waals surface area contributed by atoms with Gasteiger partial charge in [-0.2, -0.15) is 0 Å². The molecule has 1 aromatic heterocycles. The van der Waals surface area contributed by atoms with Crippen LogP contribution < -0.4 is 10.2 Å². The zero-order chi connectivity index (χ0) is 15.5. The Hall–Kier alpha value is -2.14. The Balaban J connectivity index is 1.35. The van der Waals surface area contributed by atoms with Gasteiger partial charge in [0.25, 0.3) is 0 Å². The zero-order valence-electron chi connectivity index (χ0n) is 13.2. The maximum atomic E-state index is 5.40. The molecule has 1 aliphatic carbocycles. The van der Waals surface area contributed by atoms with Crippen molar-refractivity contribution in [3.05, 3.63) is 48.3 Å². The predicted molar refractivity (Wildman–Crippen MR) is 90.9 cm³/mol. The van der Waals surface area contributed by atoms with E-state index in [0.717, 1.165) is 37.9 Å². The molecule has 1 N–H and O–H groups in total. The molecule has 0 amide bonds. The van der Waals surface area contributed by atoms with E-state index in [9.17, 15) is 0 Å². The summed E-state index contributed by atoms with van der Waals surface area (Å²) in [6.07, 6.45) is 3.99. The Morgan fingerprint density at radius 2 is 1.83 bits per heavy atom. The van der Waals surface area contributed by atoms with Crippen molar-refractivity contribution in [3.63, 3.8) is 0 Å². The highest BCUT2D eigenvalue weighted by Crippen LogP contribution is 2.38. The van der Waals surface area contributed by atoms with Crippen molar-refractivity contribution < 1.29 is 4.74 Å². The molecule has 5 nitrogen and oxygen atoms in total. The molecule has 5 heteroatoms. The molecule has 2 aromatic rings. The minimum Gasteiger partial charge on any atom is -0.378 e. The molecule has 1 aliphatic heterocycles. The van der Waals surface area contributed by atoms with Gasteiger partial charge in [-0.15, -0.1) is 0 Å². The summed E-state index contributed by atoms with van der Waals surface area (Å²) < 4.78 is 5.40. The van der Waals surface area contributed by atoms with E-state index in [-0.39, 0.29) is 0 Å². The van der Waals surface area contributed by atoms with E-state index < -0.39 is 0 Å². The standard InChI is InChI=1S/C18H22N4O/c1-2-4-14(5-3-1)15-10-16(11-15)21-17-12-18(20-13-19-17)22-6-8-23-9-7-22/h1-5,12-13,15-16H,6-11H2,(H,19,20,21). The van der Waals surface area contributed by atoms with Crippen LogP contribution in [0.1, 0.15) is 24.3 Å². The van der Waals surface area contributed by atoms with Crippen LogP contribution in [0.3, 0.4) is 0 Å². The van der Waals surface area contributed by atoms with Crippen LogP contribution in [-0.4, -0.2) is 42.3 Å². The van der Waals surface area contributed by atoms with Crippen LogP contribution in [0.5, 0.6) is 0 Å². The van der Waals surface area contributed by atoms with Gasteiger partial charge in [0, 0.05) is 25.2 Å². The summed E-state index contributed by atoms with van der Waals surface area (Å²) >= 11 is 0. The van der Waals surface area contributed by atoms with Crippen LogP contribution in [0.4, 0.5) is 11.6 Å². The van der Waals surface area contributed by atoms with Gasteiger partial charge in [0.15, 0.2) is 0 Å². The number of nitrogens with one attached hydrogen (secondary N) is 1. The van der Waals surface area contributed by atoms with Gasteiger partial charge in [0.05, 0.1) is 13.2 Å². The summed E-state index contributed by atoms with van der Waals surface area (Å²) in [4.78, 5) is 11.0. The van der Waals surface area contributed by atoms with E-state index in [1.165, 1.54) is 18.4 Å². The summed E-state index contributed by atoms with van der Waals surface area (Å²) in [5.74, 6) is 2.59. The molecular formula is C18H22N4O. The molecule has 23 heavy (non-hydrogen) atoms. The van der Waals surface area contributed by atoms with E-state index in [4.69, 9.17) is 4.74 Å². The molecule has 0 spiro atoms. The quantitative estimate of drug-likeness (QED) is 0.941. The van der Waals surface area contributed by atoms with Crippen LogP contribution in [0.2, 0.25) is 0 Å². The normalized spacial score (nSPS) is 24.1. The average molecular weight is 310 g/mol. The lowest BCUT2D eigenvalue weighted by Crippen LogP contribution is -2.37. The van der Waals surface area contributed by atoms with Crippen molar-refractivity contribution in [2.24, 2.45) is 0 Å². The van der Waals surface area contributed by atoms with Crippen molar-refractivity contribution in [1.29, 1.82) is 0 Å². The average Bonchev–Trinajstić information content (AvgIpc) is 2.59. The van der Waals surface area contributed by atoms with E-state index in [0.29, 0.717) is 12.0 Å². The minimum atomic E-state index is 0.507. The molecule has 1 saturated heterocycles. The lowest BCUT2D eigenvalue weighted by Gasteiger charge is -2.36. The second-order valence-electron chi connectivity index (χ2n) is 6.28. The van der Waals surface area contributed by atoms with Gasteiger partial charge in [-0.1, -0.05) is 30.3 Å². The fourth-order valence-electron chi connectivity index (χ4n) is 3.33. The smallest absolute Gasteiger partial charge is 0.134 e. The topological polar surface area (TPSA) is 50.3 Å². The van der Waals surface area contributed by atoms with Crippen LogP contribution in [0.15, 0.2) is 42.7 Å². The Morgan fingerprint density at radius 1 is 1.04 bits per heavy atom. The van der Waals surface area contributed by atoms with Crippen molar-refractivity contribution in [1.82, 2.24) is 9.97 Å². The fraction of sp³-hybridized carbons (Fsp3) is 0.444. The van der Waals surface area contributed by atoms with Gasteiger partial charge in [-0.3, -0.25) is 0 Å². The molecule has 4 rings (SSSR count). The Labute approximate surface area is 136 Å². The Kier molecular flexibility index (Phi) is 4.11. The summed E-state index contributed by atoms with van der Waals surface area (Å²) in [6, 6.07) is 13.3. The van der Waals surface area contributed by atoms with Crippen molar-refractivity contribution >= 4 is 11.6 Å². The molecule has 1 saturated carbocycles. The third-order valence-electron chi connectivity index (χ3n) is 4.75. The van der Waals surface area contributed by atoms with E-state index in [2.05, 4.69) is 56.6 Å². The monoisotopic (exact) mass is 310 g/mol. The van der Waals surface area contributed by atoms with Gasteiger partial charge < -0.3 is 15.0 Å². The Morgan fingerprint density at radius 3 is 2.61 bits per heavy atom. The van der Waals surface area contributed by atoms with Gasteiger partial charge in [-0.05, 0) is 24.3 Å². The lowest BCUT2D eigenvalue weighted by atomic mass is 9.76. The number of aromatic nitrogens is 2. The number of hydrogen-bond donors (Lipinski definition) is 1. The highest BCUT2D eigenvalue weighted by Gasteiger charge is 2.30. The van der Waals surface area contributed by atoms with E-state index in [1.54, 1.807) is 6.33 Å². The molecule has 2 heterocycles. The number of ether oxygens (including phenoxy) is 1. The van der Waals surface area contributed by atoms with Crippen LogP contribution in [-0.2, 0) is 4.74 Å². The first kappa shape index (κ1) is 14.5. The first-order valence-corrected chi connectivity index (χ1v) is 8.35. The Bertz CT molecular complexity index is 636. The molecule has 0 unspecified atom stereocenters. The summed E-state index contributed by atoms with van der Waals surface area (Å²) in [7, 11) is 0. The summed E-state index contributed by atoms with van der Waals surface area (Å²) in [6.45, 7) is 3.34. The first-order chi connectivity index (χ1) is 11.4.